The number of nitrogens with zero attached hydrogens (tertiary/aromatic N) is 4. The van der Waals surface area contributed by atoms with Crippen molar-refractivity contribution in [2.24, 2.45) is 0 Å². The minimum absolute atomic E-state index is 0.604. The number of unbranched alkanes of at least 4 members (excludes halogenated alkanes) is 27. The molecule has 0 radical (unpaired) electrons. The Hall–Kier alpha value is -1.76. The third-order valence-corrected chi connectivity index (χ3v) is 10.1. The third-order valence-electron chi connectivity index (χ3n) is 10.1. The van der Waals surface area contributed by atoms with Gasteiger partial charge in [-0.3, -0.25) is 0 Å². The highest BCUT2D eigenvalue weighted by atomic mass is 32.2. The SMILES string of the molecule is CCCCCCCCCCn1cc[n+](CCCCCCCCCCCCCCCC[n+]2ccn(CCCCCCCCCC)c2)c1.CS(=O)(=O)[O-].CS(=O)(=O)[O-]. The van der Waals surface area contributed by atoms with Crippen LogP contribution in [0.3, 0.4) is 0 Å². The quantitative estimate of drug-likeness (QED) is 0.0386. The van der Waals surface area contributed by atoms with Gasteiger partial charge in [0.15, 0.2) is 0 Å². The van der Waals surface area contributed by atoms with Crippen molar-refractivity contribution in [1.82, 2.24) is 9.13 Å². The summed E-state index contributed by atoms with van der Waals surface area (Å²) in [6.45, 7) is 9.36. The molecule has 2 aromatic rings. The molecule has 2 aromatic heterocycles. The summed E-state index contributed by atoms with van der Waals surface area (Å²) in [5.41, 5.74) is 0. The maximum absolute atomic E-state index is 9.08. The summed E-state index contributed by atoms with van der Waals surface area (Å²) < 4.78 is 64.1. The molecule has 2 heterocycles. The van der Waals surface area contributed by atoms with Crippen molar-refractivity contribution in [3.8, 4) is 0 Å². The minimum atomic E-state index is -3.92. The van der Waals surface area contributed by atoms with E-state index in [-0.39, 0.29) is 0 Å². The molecule has 0 bridgehead atoms. The van der Waals surface area contributed by atoms with Crippen molar-refractivity contribution in [1.29, 1.82) is 0 Å². The van der Waals surface area contributed by atoms with Gasteiger partial charge in [0.1, 0.15) is 24.8 Å². The average molecular weight is 831 g/mol. The van der Waals surface area contributed by atoms with Gasteiger partial charge in [0.2, 0.25) is 12.7 Å². The highest BCUT2D eigenvalue weighted by Crippen LogP contribution is 2.14. The Labute approximate surface area is 345 Å². The zero-order valence-electron chi connectivity index (χ0n) is 36.6. The van der Waals surface area contributed by atoms with E-state index in [0.717, 1.165) is 0 Å². The molecule has 0 aliphatic carbocycles. The van der Waals surface area contributed by atoms with Crippen molar-refractivity contribution in [3.63, 3.8) is 0 Å². The molecule has 10 nitrogen and oxygen atoms in total. The largest absolute Gasteiger partial charge is 0.748 e. The topological polar surface area (TPSA) is 132 Å². The van der Waals surface area contributed by atoms with Gasteiger partial charge in [-0.1, -0.05) is 155 Å². The molecule has 0 amide bonds. The van der Waals surface area contributed by atoms with Crippen LogP contribution in [0.5, 0.6) is 0 Å². The second-order valence-electron chi connectivity index (χ2n) is 16.1. The van der Waals surface area contributed by atoms with Gasteiger partial charge >= 0.3 is 0 Å². The first-order valence-electron chi connectivity index (χ1n) is 22.7. The van der Waals surface area contributed by atoms with Crippen molar-refractivity contribution in [3.05, 3.63) is 37.4 Å². The van der Waals surface area contributed by atoms with Crippen LogP contribution in [0.2, 0.25) is 0 Å². The molecule has 0 fully saturated rings. The lowest BCUT2D eigenvalue weighted by atomic mass is 10.0. The molecule has 0 aromatic carbocycles. The molecular formula is C44H86N4O6S2. The fourth-order valence-electron chi connectivity index (χ4n) is 6.97. The minimum Gasteiger partial charge on any atom is -0.748 e. The second kappa shape index (κ2) is 37.5. The Balaban J connectivity index is 0.00000267. The van der Waals surface area contributed by atoms with Crippen LogP contribution in [-0.2, 0) is 46.4 Å². The fourth-order valence-corrected chi connectivity index (χ4v) is 6.97. The molecule has 0 atom stereocenters. The Morgan fingerprint density at radius 1 is 0.393 bits per heavy atom. The number of imidazole rings is 2. The number of hydrogen-bond donors (Lipinski definition) is 0. The third kappa shape index (κ3) is 44.9. The molecule has 0 aliphatic rings. The summed E-state index contributed by atoms with van der Waals surface area (Å²) in [6.07, 6.45) is 57.2. The summed E-state index contributed by atoms with van der Waals surface area (Å²) in [7, 11) is -7.83. The molecule has 12 heteroatoms. The van der Waals surface area contributed by atoms with Crippen molar-refractivity contribution in [2.75, 3.05) is 12.5 Å². The average Bonchev–Trinajstić information content (AvgIpc) is 3.78. The van der Waals surface area contributed by atoms with Gasteiger partial charge in [-0.25, -0.2) is 35.1 Å². The summed E-state index contributed by atoms with van der Waals surface area (Å²) in [5.74, 6) is 0. The Morgan fingerprint density at radius 3 is 0.857 bits per heavy atom. The van der Waals surface area contributed by atoms with Crippen LogP contribution in [0.25, 0.3) is 0 Å². The van der Waals surface area contributed by atoms with Gasteiger partial charge in [-0.2, -0.15) is 0 Å². The molecule has 0 spiro atoms. The van der Waals surface area contributed by atoms with Gasteiger partial charge in [-0.15, -0.1) is 0 Å². The first-order valence-corrected chi connectivity index (χ1v) is 26.4. The predicted molar refractivity (Wildman–Crippen MR) is 230 cm³/mol. The molecule has 56 heavy (non-hydrogen) atoms. The first-order chi connectivity index (χ1) is 26.8. The smallest absolute Gasteiger partial charge is 0.243 e. The van der Waals surface area contributed by atoms with E-state index in [4.69, 9.17) is 25.9 Å². The molecule has 0 unspecified atom stereocenters. The molecule has 0 saturated heterocycles. The number of aryl methyl sites for hydroxylation is 4. The highest BCUT2D eigenvalue weighted by molar-refractivity contribution is 7.85. The second-order valence-corrected chi connectivity index (χ2v) is 18.9. The maximum atomic E-state index is 9.08. The lowest BCUT2D eigenvalue weighted by Gasteiger charge is -2.03. The zero-order valence-corrected chi connectivity index (χ0v) is 38.2. The van der Waals surface area contributed by atoms with Gasteiger partial charge in [0, 0.05) is 12.5 Å². The van der Waals surface area contributed by atoms with E-state index < -0.39 is 20.2 Å². The molecular weight excluding hydrogens is 745 g/mol. The Morgan fingerprint density at radius 2 is 0.607 bits per heavy atom. The molecule has 0 saturated carbocycles. The Bertz CT molecular complexity index is 1230. The van der Waals surface area contributed by atoms with Crippen LogP contribution in [0, 0.1) is 0 Å². The Kier molecular flexibility index (Phi) is 36.3. The van der Waals surface area contributed by atoms with Gasteiger partial charge < -0.3 is 9.11 Å². The van der Waals surface area contributed by atoms with E-state index in [9.17, 15) is 0 Å². The van der Waals surface area contributed by atoms with Crippen LogP contribution in [0.15, 0.2) is 37.4 Å². The van der Waals surface area contributed by atoms with Crippen molar-refractivity contribution < 1.29 is 35.1 Å². The number of aromatic nitrogens is 4. The monoisotopic (exact) mass is 831 g/mol. The summed E-state index contributed by atoms with van der Waals surface area (Å²) in [4.78, 5) is 0. The van der Waals surface area contributed by atoms with Crippen LogP contribution in [-0.4, -0.2) is 47.6 Å². The first kappa shape index (κ1) is 54.2. The van der Waals surface area contributed by atoms with E-state index in [0.29, 0.717) is 12.5 Å². The van der Waals surface area contributed by atoms with E-state index in [1.807, 2.05) is 0 Å². The lowest BCUT2D eigenvalue weighted by Crippen LogP contribution is -2.30. The highest BCUT2D eigenvalue weighted by Gasteiger charge is 2.05. The molecule has 0 N–H and O–H groups in total. The van der Waals surface area contributed by atoms with Gasteiger partial charge in [0.05, 0.1) is 46.4 Å². The lowest BCUT2D eigenvalue weighted by molar-refractivity contribution is -0.697. The van der Waals surface area contributed by atoms with E-state index >= 15 is 0 Å². The molecule has 0 aliphatic heterocycles. The van der Waals surface area contributed by atoms with Gasteiger partial charge in [0.25, 0.3) is 0 Å². The molecule has 2 rings (SSSR count). The fraction of sp³-hybridized carbons (Fsp3) is 0.864. The van der Waals surface area contributed by atoms with E-state index in [1.54, 1.807) is 0 Å². The van der Waals surface area contributed by atoms with Crippen molar-refractivity contribution in [2.45, 2.75) is 233 Å². The standard InChI is InChI=1S/C42H80N4.2CH4O3S/c1-3-5-7-9-11-21-25-29-33-43-37-39-45(41-43)35-31-27-23-19-17-15-13-14-16-18-20-24-28-32-36-46-40-38-44(42-46)34-30-26-22-12-10-8-6-4-2;2*1-5(2,3)4/h37-42H,3-36H2,1-2H3;2*1H3,(H,2,3,4)/q+2;;/p-2. The summed E-state index contributed by atoms with van der Waals surface area (Å²) >= 11 is 0. The van der Waals surface area contributed by atoms with Crippen LogP contribution < -0.4 is 9.13 Å². The normalized spacial score (nSPS) is 11.6. The summed E-state index contributed by atoms with van der Waals surface area (Å²) in [6, 6.07) is 0. The van der Waals surface area contributed by atoms with E-state index in [2.05, 4.69) is 69.6 Å². The summed E-state index contributed by atoms with van der Waals surface area (Å²) in [5, 5.41) is 0. The predicted octanol–water partition coefficient (Wildman–Crippen LogP) is 10.6. The van der Waals surface area contributed by atoms with Crippen molar-refractivity contribution >= 4 is 20.2 Å². The van der Waals surface area contributed by atoms with Crippen LogP contribution >= 0.6 is 0 Å². The number of rotatable bonds is 35. The number of hydrogen-bond acceptors (Lipinski definition) is 6. The van der Waals surface area contributed by atoms with Crippen LogP contribution in [0.1, 0.15) is 206 Å². The zero-order chi connectivity index (χ0) is 41.6. The van der Waals surface area contributed by atoms with E-state index in [1.165, 1.54) is 219 Å². The van der Waals surface area contributed by atoms with Gasteiger partial charge in [-0.05, 0) is 51.4 Å². The van der Waals surface area contributed by atoms with Crippen LogP contribution in [0.4, 0.5) is 0 Å². The maximum Gasteiger partial charge on any atom is 0.243 e. The molecule has 330 valence electrons.